The van der Waals surface area contributed by atoms with Crippen molar-refractivity contribution < 1.29 is 23.9 Å². The number of benzene rings is 1. The Bertz CT molecular complexity index is 622. The molecule has 1 rings (SSSR count). The second kappa shape index (κ2) is 9.50. The molecule has 0 spiro atoms. The molecule has 1 atom stereocenters. The number of hydrogen-bond donors (Lipinski definition) is 1. The molecule has 130 valence electrons. The van der Waals surface area contributed by atoms with Gasteiger partial charge in [-0.2, -0.15) is 0 Å². The smallest absolute Gasteiger partial charge is 0.343 e. The summed E-state index contributed by atoms with van der Waals surface area (Å²) in [7, 11) is 1.26. The first-order valence-electron chi connectivity index (χ1n) is 7.70. The second-order valence-electron chi connectivity index (χ2n) is 5.15. The fourth-order valence-corrected chi connectivity index (χ4v) is 2.19. The van der Waals surface area contributed by atoms with Crippen molar-refractivity contribution in [2.75, 3.05) is 13.7 Å². The molecule has 6 heteroatoms. The highest BCUT2D eigenvalue weighted by Crippen LogP contribution is 2.18. The Hall–Kier alpha value is -2.63. The summed E-state index contributed by atoms with van der Waals surface area (Å²) in [5.74, 6) is -2.58. The average molecular weight is 333 g/mol. The van der Waals surface area contributed by atoms with Gasteiger partial charge in [-0.25, -0.2) is 4.79 Å². The van der Waals surface area contributed by atoms with E-state index in [4.69, 9.17) is 9.47 Å². The molecule has 0 saturated heterocycles. The van der Waals surface area contributed by atoms with Gasteiger partial charge in [0.05, 0.1) is 19.6 Å². The number of ketones is 1. The highest BCUT2D eigenvalue weighted by Gasteiger charge is 2.28. The minimum atomic E-state index is -0.804. The summed E-state index contributed by atoms with van der Waals surface area (Å²) in [5, 5.41) is 3.03. The van der Waals surface area contributed by atoms with E-state index < -0.39 is 23.6 Å². The summed E-state index contributed by atoms with van der Waals surface area (Å²) in [5.41, 5.74) is 0.987. The lowest BCUT2D eigenvalue weighted by Crippen LogP contribution is -2.31. The van der Waals surface area contributed by atoms with E-state index in [9.17, 15) is 14.4 Å². The third kappa shape index (κ3) is 5.22. The van der Waals surface area contributed by atoms with Crippen LogP contribution in [0.15, 0.2) is 41.6 Å². The zero-order chi connectivity index (χ0) is 18.1. The SMILES string of the molecule is CCOC(=O)C(C(C)=O)=C(NCc1ccccc1)C(C)C(=O)OC. The molecule has 1 unspecified atom stereocenters. The second-order valence-corrected chi connectivity index (χ2v) is 5.15. The van der Waals surface area contributed by atoms with Crippen molar-refractivity contribution in [2.24, 2.45) is 5.92 Å². The molecule has 0 amide bonds. The largest absolute Gasteiger partial charge is 0.469 e. The molecular weight excluding hydrogens is 310 g/mol. The van der Waals surface area contributed by atoms with Crippen LogP contribution in [0.2, 0.25) is 0 Å². The van der Waals surface area contributed by atoms with Crippen LogP contribution in [0.4, 0.5) is 0 Å². The molecule has 0 aliphatic carbocycles. The van der Waals surface area contributed by atoms with Crippen molar-refractivity contribution in [3.8, 4) is 0 Å². The van der Waals surface area contributed by atoms with Gasteiger partial charge in [0.2, 0.25) is 0 Å². The normalized spacial score (nSPS) is 12.7. The van der Waals surface area contributed by atoms with Gasteiger partial charge in [0.1, 0.15) is 5.57 Å². The van der Waals surface area contributed by atoms with Crippen molar-refractivity contribution >= 4 is 17.7 Å². The van der Waals surface area contributed by atoms with Crippen LogP contribution < -0.4 is 5.32 Å². The van der Waals surface area contributed by atoms with Crippen LogP contribution in [0.1, 0.15) is 26.3 Å². The monoisotopic (exact) mass is 333 g/mol. The van der Waals surface area contributed by atoms with Crippen LogP contribution in [-0.2, 0) is 30.4 Å². The Labute approximate surface area is 141 Å². The third-order valence-electron chi connectivity index (χ3n) is 3.41. The van der Waals surface area contributed by atoms with Gasteiger partial charge in [-0.15, -0.1) is 0 Å². The summed E-state index contributed by atoms with van der Waals surface area (Å²) in [6, 6.07) is 9.43. The number of nitrogens with one attached hydrogen (secondary N) is 1. The first-order chi connectivity index (χ1) is 11.4. The molecule has 0 aliphatic rings. The summed E-state index contributed by atoms with van der Waals surface area (Å²) >= 11 is 0. The molecule has 0 radical (unpaired) electrons. The summed E-state index contributed by atoms with van der Waals surface area (Å²) in [4.78, 5) is 36.0. The molecule has 0 aliphatic heterocycles. The van der Waals surface area contributed by atoms with Crippen molar-refractivity contribution in [1.29, 1.82) is 0 Å². The van der Waals surface area contributed by atoms with Crippen molar-refractivity contribution in [2.45, 2.75) is 27.3 Å². The van der Waals surface area contributed by atoms with Gasteiger partial charge < -0.3 is 14.8 Å². The number of methoxy groups -OCH3 is 1. The van der Waals surface area contributed by atoms with E-state index in [1.807, 2.05) is 30.3 Å². The summed E-state index contributed by atoms with van der Waals surface area (Å²) < 4.78 is 9.69. The summed E-state index contributed by atoms with van der Waals surface area (Å²) in [6.45, 7) is 4.97. The van der Waals surface area contributed by atoms with Crippen LogP contribution in [-0.4, -0.2) is 31.4 Å². The molecule has 0 fully saturated rings. The number of ether oxygens (including phenoxy) is 2. The van der Waals surface area contributed by atoms with E-state index in [1.165, 1.54) is 14.0 Å². The first kappa shape index (κ1) is 19.4. The molecule has 1 aromatic carbocycles. The van der Waals surface area contributed by atoms with Crippen LogP contribution in [0.25, 0.3) is 0 Å². The number of carbonyl (C=O) groups excluding carboxylic acids is 3. The van der Waals surface area contributed by atoms with Crippen molar-refractivity contribution in [3.05, 3.63) is 47.2 Å². The number of hydrogen-bond acceptors (Lipinski definition) is 6. The van der Waals surface area contributed by atoms with E-state index in [-0.39, 0.29) is 17.9 Å². The fourth-order valence-electron chi connectivity index (χ4n) is 2.19. The van der Waals surface area contributed by atoms with E-state index in [1.54, 1.807) is 13.8 Å². The maximum absolute atomic E-state index is 12.2. The summed E-state index contributed by atoms with van der Waals surface area (Å²) in [6.07, 6.45) is 0. The standard InChI is InChI=1S/C18H23NO5/c1-5-24-18(22)15(13(3)20)16(12(2)17(21)23-4)19-11-14-9-7-6-8-10-14/h6-10,12,19H,5,11H2,1-4H3. The van der Waals surface area contributed by atoms with E-state index in [0.717, 1.165) is 5.56 Å². The lowest BCUT2D eigenvalue weighted by Gasteiger charge is -2.19. The van der Waals surface area contributed by atoms with Crippen LogP contribution in [0.3, 0.4) is 0 Å². The number of Topliss-reactive ketones (excluding diaryl/α,β-unsaturated/α-hetero) is 1. The number of carbonyl (C=O) groups is 3. The molecule has 0 saturated carbocycles. The Kier molecular flexibility index (Phi) is 7.68. The Balaban J connectivity index is 3.23. The third-order valence-corrected chi connectivity index (χ3v) is 3.41. The van der Waals surface area contributed by atoms with Crippen LogP contribution in [0.5, 0.6) is 0 Å². The van der Waals surface area contributed by atoms with Gasteiger partial charge in [-0.3, -0.25) is 9.59 Å². The number of rotatable bonds is 8. The highest BCUT2D eigenvalue weighted by atomic mass is 16.5. The van der Waals surface area contributed by atoms with Crippen LogP contribution in [0, 0.1) is 5.92 Å². The molecule has 0 heterocycles. The predicted molar refractivity (Wildman–Crippen MR) is 88.8 cm³/mol. The topological polar surface area (TPSA) is 81.7 Å². The molecule has 24 heavy (non-hydrogen) atoms. The van der Waals surface area contributed by atoms with Gasteiger partial charge in [-0.1, -0.05) is 30.3 Å². The molecule has 6 nitrogen and oxygen atoms in total. The Morgan fingerprint density at radius 1 is 1.17 bits per heavy atom. The van der Waals surface area contributed by atoms with Gasteiger partial charge in [0, 0.05) is 12.2 Å². The van der Waals surface area contributed by atoms with Crippen LogP contribution >= 0.6 is 0 Å². The van der Waals surface area contributed by atoms with Gasteiger partial charge in [0.15, 0.2) is 5.78 Å². The maximum atomic E-state index is 12.2. The quantitative estimate of drug-likeness (QED) is 0.339. The Morgan fingerprint density at radius 2 is 1.79 bits per heavy atom. The Morgan fingerprint density at radius 3 is 2.29 bits per heavy atom. The average Bonchev–Trinajstić information content (AvgIpc) is 2.57. The van der Waals surface area contributed by atoms with E-state index in [2.05, 4.69) is 5.32 Å². The molecule has 1 aromatic rings. The molecule has 0 aromatic heterocycles. The van der Waals surface area contributed by atoms with Crippen molar-refractivity contribution in [3.63, 3.8) is 0 Å². The zero-order valence-electron chi connectivity index (χ0n) is 14.4. The van der Waals surface area contributed by atoms with Gasteiger partial charge in [0.25, 0.3) is 0 Å². The lowest BCUT2D eigenvalue weighted by molar-refractivity contribution is -0.143. The zero-order valence-corrected chi connectivity index (χ0v) is 14.4. The number of esters is 2. The maximum Gasteiger partial charge on any atom is 0.343 e. The minimum absolute atomic E-state index is 0.133. The van der Waals surface area contributed by atoms with Gasteiger partial charge >= 0.3 is 11.9 Å². The van der Waals surface area contributed by atoms with Crippen molar-refractivity contribution in [1.82, 2.24) is 5.32 Å². The molecule has 1 N–H and O–H groups in total. The molecular formula is C18H23NO5. The van der Waals surface area contributed by atoms with E-state index in [0.29, 0.717) is 6.54 Å². The highest BCUT2D eigenvalue weighted by molar-refractivity contribution is 6.17. The van der Waals surface area contributed by atoms with Gasteiger partial charge in [-0.05, 0) is 26.3 Å². The first-order valence-corrected chi connectivity index (χ1v) is 7.70. The fraction of sp³-hybridized carbons (Fsp3) is 0.389. The predicted octanol–water partition coefficient (Wildman–Crippen LogP) is 1.99. The minimum Gasteiger partial charge on any atom is -0.469 e. The molecule has 0 bridgehead atoms. The van der Waals surface area contributed by atoms with E-state index >= 15 is 0 Å². The lowest BCUT2D eigenvalue weighted by atomic mass is 9.99.